The number of carbonyl (C=O) groups excluding carboxylic acids is 1. The van der Waals surface area contributed by atoms with Crippen molar-refractivity contribution in [2.45, 2.75) is 45.1 Å². The van der Waals surface area contributed by atoms with Crippen molar-refractivity contribution < 1.29 is 15.0 Å². The smallest absolute Gasteiger partial charge is 0.163 e. The van der Waals surface area contributed by atoms with E-state index in [1.54, 1.807) is 24.3 Å². The summed E-state index contributed by atoms with van der Waals surface area (Å²) in [6.45, 7) is 2.53. The quantitative estimate of drug-likeness (QED) is 0.719. The Labute approximate surface area is 148 Å². The van der Waals surface area contributed by atoms with E-state index in [9.17, 15) is 15.0 Å². The van der Waals surface area contributed by atoms with Crippen molar-refractivity contribution in [2.75, 3.05) is 6.54 Å². The van der Waals surface area contributed by atoms with Crippen LogP contribution in [0.2, 0.25) is 0 Å². The maximum Gasteiger partial charge on any atom is 0.163 e. The third-order valence-electron chi connectivity index (χ3n) is 4.88. The monoisotopic (exact) mass is 339 g/mol. The molecule has 0 saturated carbocycles. The molecule has 2 aromatic carbocycles. The lowest BCUT2D eigenvalue weighted by atomic mass is 9.95. The standard InChI is InChI=1S/C21H25NO3/c1-14(23)20-13-16(6-8-21(20)25)17-10-15(11-19(24)12-17)5-7-18-4-2-3-9-22-18/h6,8,10-13,18,22,24-25H,2-5,7,9H2,1H3/t18-/m1/s1. The number of nitrogens with one attached hydrogen (secondary N) is 1. The minimum absolute atomic E-state index is 0.0139. The van der Waals surface area contributed by atoms with Crippen molar-refractivity contribution in [3.63, 3.8) is 0 Å². The molecule has 4 heteroatoms. The molecule has 0 radical (unpaired) electrons. The number of aromatic hydroxyl groups is 2. The zero-order chi connectivity index (χ0) is 17.8. The summed E-state index contributed by atoms with van der Waals surface area (Å²) in [6, 6.07) is 11.1. The Hall–Kier alpha value is -2.33. The molecular formula is C21H25NO3. The van der Waals surface area contributed by atoms with E-state index < -0.39 is 0 Å². The molecule has 3 rings (SSSR count). The highest BCUT2D eigenvalue weighted by molar-refractivity contribution is 5.98. The van der Waals surface area contributed by atoms with Crippen LogP contribution in [-0.2, 0) is 6.42 Å². The van der Waals surface area contributed by atoms with Crippen LogP contribution in [0.25, 0.3) is 11.1 Å². The number of benzene rings is 2. The van der Waals surface area contributed by atoms with Crippen LogP contribution in [0.15, 0.2) is 36.4 Å². The minimum Gasteiger partial charge on any atom is -0.508 e. The molecule has 1 aliphatic rings. The molecule has 0 aromatic heterocycles. The molecule has 1 aliphatic heterocycles. The number of phenolic OH excluding ortho intramolecular Hbond substituents is 2. The van der Waals surface area contributed by atoms with Crippen LogP contribution in [0.4, 0.5) is 0 Å². The van der Waals surface area contributed by atoms with Crippen LogP contribution in [0.1, 0.15) is 48.5 Å². The number of piperidine rings is 1. The molecule has 132 valence electrons. The van der Waals surface area contributed by atoms with E-state index in [1.165, 1.54) is 32.3 Å². The van der Waals surface area contributed by atoms with Gasteiger partial charge in [-0.2, -0.15) is 0 Å². The maximum atomic E-state index is 11.6. The van der Waals surface area contributed by atoms with Crippen LogP contribution < -0.4 is 5.32 Å². The Bertz CT molecular complexity index is 764. The van der Waals surface area contributed by atoms with Crippen molar-refractivity contribution in [3.8, 4) is 22.6 Å². The molecule has 25 heavy (non-hydrogen) atoms. The number of rotatable bonds is 5. The van der Waals surface area contributed by atoms with Crippen molar-refractivity contribution in [1.82, 2.24) is 5.32 Å². The van der Waals surface area contributed by atoms with Crippen LogP contribution >= 0.6 is 0 Å². The summed E-state index contributed by atoms with van der Waals surface area (Å²) >= 11 is 0. The number of carbonyl (C=O) groups is 1. The van der Waals surface area contributed by atoms with Crippen LogP contribution in [0, 0.1) is 0 Å². The van der Waals surface area contributed by atoms with Crippen molar-refractivity contribution in [1.29, 1.82) is 0 Å². The molecule has 0 aliphatic carbocycles. The van der Waals surface area contributed by atoms with Crippen LogP contribution in [0.5, 0.6) is 11.5 Å². The predicted octanol–water partition coefficient (Wildman–Crippen LogP) is 4.04. The van der Waals surface area contributed by atoms with Crippen LogP contribution in [-0.4, -0.2) is 28.6 Å². The highest BCUT2D eigenvalue weighted by Crippen LogP contribution is 2.30. The highest BCUT2D eigenvalue weighted by atomic mass is 16.3. The number of hydrogen-bond acceptors (Lipinski definition) is 4. The molecule has 0 spiro atoms. The lowest BCUT2D eigenvalue weighted by Crippen LogP contribution is -2.34. The van der Waals surface area contributed by atoms with Gasteiger partial charge in [-0.15, -0.1) is 0 Å². The van der Waals surface area contributed by atoms with E-state index in [0.717, 1.165) is 36.1 Å². The molecule has 3 N–H and O–H groups in total. The molecule has 1 atom stereocenters. The topological polar surface area (TPSA) is 69.6 Å². The fraction of sp³-hybridized carbons (Fsp3) is 0.381. The normalized spacial score (nSPS) is 17.4. The second-order valence-corrected chi connectivity index (χ2v) is 6.86. The largest absolute Gasteiger partial charge is 0.508 e. The number of Topliss-reactive ketones (excluding diaryl/α,β-unsaturated/α-hetero) is 1. The average molecular weight is 339 g/mol. The average Bonchev–Trinajstić information content (AvgIpc) is 2.60. The van der Waals surface area contributed by atoms with Gasteiger partial charge in [0.15, 0.2) is 5.78 Å². The zero-order valence-electron chi connectivity index (χ0n) is 14.6. The Kier molecular flexibility index (Phi) is 5.39. The first-order valence-electron chi connectivity index (χ1n) is 8.93. The second-order valence-electron chi connectivity index (χ2n) is 6.86. The summed E-state index contributed by atoms with van der Waals surface area (Å²) in [6.07, 6.45) is 5.70. The summed E-state index contributed by atoms with van der Waals surface area (Å²) < 4.78 is 0. The predicted molar refractivity (Wildman–Crippen MR) is 99.2 cm³/mol. The molecule has 2 aromatic rings. The number of aryl methyl sites for hydroxylation is 1. The summed E-state index contributed by atoms with van der Waals surface area (Å²) in [5, 5.41) is 23.5. The zero-order valence-corrected chi connectivity index (χ0v) is 14.6. The van der Waals surface area contributed by atoms with Gasteiger partial charge in [0.25, 0.3) is 0 Å². The van der Waals surface area contributed by atoms with Gasteiger partial charge in [-0.05, 0) is 80.1 Å². The first-order chi connectivity index (χ1) is 12.0. The first kappa shape index (κ1) is 17.5. The minimum atomic E-state index is -0.178. The van der Waals surface area contributed by atoms with Crippen molar-refractivity contribution >= 4 is 5.78 Å². The molecule has 1 fully saturated rings. The maximum absolute atomic E-state index is 11.6. The number of ketones is 1. The van der Waals surface area contributed by atoms with E-state index in [4.69, 9.17) is 0 Å². The van der Waals surface area contributed by atoms with E-state index >= 15 is 0 Å². The first-order valence-corrected chi connectivity index (χ1v) is 8.93. The van der Waals surface area contributed by atoms with Gasteiger partial charge in [-0.3, -0.25) is 4.79 Å². The van der Waals surface area contributed by atoms with Gasteiger partial charge < -0.3 is 15.5 Å². The lowest BCUT2D eigenvalue weighted by molar-refractivity contribution is 0.101. The molecule has 0 unspecified atom stereocenters. The SMILES string of the molecule is CC(=O)c1cc(-c2cc(O)cc(CC[C@H]3CCCCN3)c2)ccc1O. The van der Waals surface area contributed by atoms with E-state index in [0.29, 0.717) is 11.6 Å². The third kappa shape index (κ3) is 4.40. The van der Waals surface area contributed by atoms with Gasteiger partial charge in [0.1, 0.15) is 11.5 Å². The Morgan fingerprint density at radius 3 is 2.68 bits per heavy atom. The highest BCUT2D eigenvalue weighted by Gasteiger charge is 2.13. The van der Waals surface area contributed by atoms with Gasteiger partial charge in [-0.1, -0.05) is 18.6 Å². The van der Waals surface area contributed by atoms with Gasteiger partial charge >= 0.3 is 0 Å². The molecular weight excluding hydrogens is 314 g/mol. The summed E-state index contributed by atoms with van der Waals surface area (Å²) in [5.74, 6) is 0.0321. The molecule has 1 saturated heterocycles. The summed E-state index contributed by atoms with van der Waals surface area (Å²) in [5.41, 5.74) is 3.05. The lowest BCUT2D eigenvalue weighted by Gasteiger charge is -2.23. The summed E-state index contributed by atoms with van der Waals surface area (Å²) in [4.78, 5) is 11.6. The molecule has 0 amide bonds. The van der Waals surface area contributed by atoms with E-state index in [-0.39, 0.29) is 17.3 Å². The van der Waals surface area contributed by atoms with Gasteiger partial charge in [-0.25, -0.2) is 0 Å². The number of hydrogen-bond donors (Lipinski definition) is 3. The molecule has 0 bridgehead atoms. The van der Waals surface area contributed by atoms with E-state index in [2.05, 4.69) is 11.4 Å². The van der Waals surface area contributed by atoms with Crippen molar-refractivity contribution in [3.05, 3.63) is 47.5 Å². The number of phenols is 2. The molecule has 4 nitrogen and oxygen atoms in total. The van der Waals surface area contributed by atoms with Gasteiger partial charge in [0.2, 0.25) is 0 Å². The fourth-order valence-electron chi connectivity index (χ4n) is 3.49. The Morgan fingerprint density at radius 1 is 1.12 bits per heavy atom. The van der Waals surface area contributed by atoms with Gasteiger partial charge in [0.05, 0.1) is 5.56 Å². The van der Waals surface area contributed by atoms with Crippen molar-refractivity contribution in [2.24, 2.45) is 0 Å². The summed E-state index contributed by atoms with van der Waals surface area (Å²) in [7, 11) is 0. The van der Waals surface area contributed by atoms with Gasteiger partial charge in [0, 0.05) is 6.04 Å². The second kappa shape index (κ2) is 7.70. The fourth-order valence-corrected chi connectivity index (χ4v) is 3.49. The molecule has 1 heterocycles. The van der Waals surface area contributed by atoms with Crippen LogP contribution in [0.3, 0.4) is 0 Å². The van der Waals surface area contributed by atoms with E-state index in [1.807, 2.05) is 0 Å². The third-order valence-corrected chi connectivity index (χ3v) is 4.88. The Morgan fingerprint density at radius 2 is 1.96 bits per heavy atom. The Balaban J connectivity index is 1.81.